The molecule has 140 valence electrons. The maximum absolute atomic E-state index is 11.6. The van der Waals surface area contributed by atoms with Gasteiger partial charge in [-0.15, -0.1) is 0 Å². The topological polar surface area (TPSA) is 65.8 Å². The molecule has 0 aliphatic carbocycles. The molecule has 1 aromatic heterocycles. The minimum atomic E-state index is -0.199. The Morgan fingerprint density at radius 3 is 2.50 bits per heavy atom. The summed E-state index contributed by atoms with van der Waals surface area (Å²) in [5.74, 6) is -0.199. The number of hydrogen-bond donors (Lipinski definition) is 1. The van der Waals surface area contributed by atoms with Crippen LogP contribution in [-0.4, -0.2) is 10.9 Å². The SMILES string of the molecule is CC(=O)Nc1sc(/C(C#N)=C/c2ccc(Cl)c(Cl)c2)nc1-c1ccc(C)cc1. The molecule has 4 nitrogen and oxygen atoms in total. The molecule has 0 fully saturated rings. The number of aryl methyl sites for hydroxylation is 1. The van der Waals surface area contributed by atoms with Gasteiger partial charge >= 0.3 is 0 Å². The predicted molar refractivity (Wildman–Crippen MR) is 117 cm³/mol. The molecule has 2 aromatic carbocycles. The van der Waals surface area contributed by atoms with Gasteiger partial charge in [0.05, 0.1) is 15.6 Å². The zero-order valence-corrected chi connectivity index (χ0v) is 17.4. The molecule has 1 heterocycles. The average Bonchev–Trinajstić information content (AvgIpc) is 3.06. The van der Waals surface area contributed by atoms with Crippen LogP contribution in [0, 0.1) is 18.3 Å². The number of anilines is 1. The minimum Gasteiger partial charge on any atom is -0.316 e. The first-order valence-corrected chi connectivity index (χ1v) is 9.87. The lowest BCUT2D eigenvalue weighted by molar-refractivity contribution is -0.114. The molecule has 1 N–H and O–H groups in total. The van der Waals surface area contributed by atoms with Gasteiger partial charge in [-0.2, -0.15) is 5.26 Å². The van der Waals surface area contributed by atoms with E-state index >= 15 is 0 Å². The molecular formula is C21H15Cl2N3OS. The second-order valence-corrected chi connectivity index (χ2v) is 7.90. The number of thiazole rings is 1. The summed E-state index contributed by atoms with van der Waals surface area (Å²) in [6.45, 7) is 3.44. The van der Waals surface area contributed by atoms with Gasteiger partial charge in [-0.3, -0.25) is 4.79 Å². The highest BCUT2D eigenvalue weighted by molar-refractivity contribution is 7.17. The van der Waals surface area contributed by atoms with E-state index < -0.39 is 0 Å². The fourth-order valence-electron chi connectivity index (χ4n) is 2.50. The lowest BCUT2D eigenvalue weighted by Crippen LogP contribution is -2.05. The molecule has 0 radical (unpaired) electrons. The molecule has 0 bridgehead atoms. The van der Waals surface area contributed by atoms with Gasteiger partial charge in [0.1, 0.15) is 21.8 Å². The zero-order valence-electron chi connectivity index (χ0n) is 15.1. The predicted octanol–water partition coefficient (Wildman–Crippen LogP) is 6.45. The van der Waals surface area contributed by atoms with Crippen molar-refractivity contribution in [1.29, 1.82) is 5.26 Å². The fraction of sp³-hybridized carbons (Fsp3) is 0.0952. The molecule has 0 saturated carbocycles. The molecule has 0 aliphatic rings. The number of nitriles is 1. The maximum atomic E-state index is 11.6. The van der Waals surface area contributed by atoms with E-state index in [1.165, 1.54) is 18.3 Å². The smallest absolute Gasteiger partial charge is 0.221 e. The molecule has 28 heavy (non-hydrogen) atoms. The number of hydrogen-bond acceptors (Lipinski definition) is 4. The van der Waals surface area contributed by atoms with Crippen LogP contribution < -0.4 is 5.32 Å². The van der Waals surface area contributed by atoms with Crippen molar-refractivity contribution in [3.05, 3.63) is 68.6 Å². The first-order valence-electron chi connectivity index (χ1n) is 8.30. The largest absolute Gasteiger partial charge is 0.316 e. The third-order valence-electron chi connectivity index (χ3n) is 3.85. The average molecular weight is 428 g/mol. The molecule has 0 saturated heterocycles. The van der Waals surface area contributed by atoms with Crippen LogP contribution in [-0.2, 0) is 4.79 Å². The number of amides is 1. The van der Waals surface area contributed by atoms with Crippen LogP contribution in [0.3, 0.4) is 0 Å². The monoisotopic (exact) mass is 427 g/mol. The van der Waals surface area contributed by atoms with Crippen molar-refractivity contribution in [3.63, 3.8) is 0 Å². The van der Waals surface area contributed by atoms with Gasteiger partial charge in [0, 0.05) is 12.5 Å². The van der Waals surface area contributed by atoms with E-state index in [4.69, 9.17) is 23.2 Å². The van der Waals surface area contributed by atoms with Crippen molar-refractivity contribution in [3.8, 4) is 17.3 Å². The number of halogens is 2. The summed E-state index contributed by atoms with van der Waals surface area (Å²) in [6.07, 6.45) is 1.69. The summed E-state index contributed by atoms with van der Waals surface area (Å²) in [5, 5.41) is 14.4. The van der Waals surface area contributed by atoms with Crippen molar-refractivity contribution >= 4 is 57.1 Å². The van der Waals surface area contributed by atoms with E-state index in [-0.39, 0.29) is 5.91 Å². The normalized spacial score (nSPS) is 11.2. The number of nitrogens with one attached hydrogen (secondary N) is 1. The highest BCUT2D eigenvalue weighted by Crippen LogP contribution is 2.37. The molecule has 7 heteroatoms. The Bertz CT molecular complexity index is 1110. The molecule has 0 atom stereocenters. The van der Waals surface area contributed by atoms with Crippen LogP contribution in [0.25, 0.3) is 22.9 Å². The van der Waals surface area contributed by atoms with Crippen LogP contribution in [0.15, 0.2) is 42.5 Å². The summed E-state index contributed by atoms with van der Waals surface area (Å²) < 4.78 is 0. The number of carbonyl (C=O) groups excluding carboxylic acids is 1. The highest BCUT2D eigenvalue weighted by Gasteiger charge is 2.17. The van der Waals surface area contributed by atoms with E-state index in [1.54, 1.807) is 24.3 Å². The third kappa shape index (κ3) is 4.60. The van der Waals surface area contributed by atoms with Crippen molar-refractivity contribution in [1.82, 2.24) is 4.98 Å². The van der Waals surface area contributed by atoms with Crippen molar-refractivity contribution in [2.45, 2.75) is 13.8 Å². The molecule has 0 aliphatic heterocycles. The summed E-state index contributed by atoms with van der Waals surface area (Å²) in [7, 11) is 0. The molecule has 3 aromatic rings. The van der Waals surface area contributed by atoms with E-state index in [1.807, 2.05) is 31.2 Å². The van der Waals surface area contributed by atoms with E-state index in [0.29, 0.717) is 31.3 Å². The third-order valence-corrected chi connectivity index (χ3v) is 5.59. The van der Waals surface area contributed by atoms with Crippen LogP contribution in [0.4, 0.5) is 5.00 Å². The Kier molecular flexibility index (Phi) is 6.15. The van der Waals surface area contributed by atoms with Crippen molar-refractivity contribution in [2.24, 2.45) is 0 Å². The molecule has 1 amide bonds. The van der Waals surface area contributed by atoms with Crippen LogP contribution in [0.5, 0.6) is 0 Å². The van der Waals surface area contributed by atoms with Gasteiger partial charge in [-0.1, -0.05) is 70.4 Å². The van der Waals surface area contributed by atoms with E-state index in [9.17, 15) is 10.1 Å². The summed E-state index contributed by atoms with van der Waals surface area (Å²) >= 11 is 13.3. The Labute approximate surface area is 177 Å². The number of rotatable bonds is 4. The van der Waals surface area contributed by atoms with Gasteiger partial charge in [-0.25, -0.2) is 4.98 Å². The summed E-state index contributed by atoms with van der Waals surface area (Å²) in [4.78, 5) is 16.2. The van der Waals surface area contributed by atoms with E-state index in [2.05, 4.69) is 16.4 Å². The van der Waals surface area contributed by atoms with Crippen LogP contribution >= 0.6 is 34.5 Å². The maximum Gasteiger partial charge on any atom is 0.221 e. The van der Waals surface area contributed by atoms with Crippen molar-refractivity contribution < 1.29 is 4.79 Å². The number of benzene rings is 2. The molecule has 0 unspecified atom stereocenters. The molecule has 3 rings (SSSR count). The second kappa shape index (κ2) is 8.57. The number of nitrogens with zero attached hydrogens (tertiary/aromatic N) is 2. The number of allylic oxidation sites excluding steroid dienone is 1. The second-order valence-electron chi connectivity index (χ2n) is 6.09. The van der Waals surface area contributed by atoms with Crippen molar-refractivity contribution in [2.75, 3.05) is 5.32 Å². The number of carbonyl (C=O) groups is 1. The zero-order chi connectivity index (χ0) is 20.3. The first-order chi connectivity index (χ1) is 13.4. The quantitative estimate of drug-likeness (QED) is 0.486. The first kappa shape index (κ1) is 20.1. The van der Waals surface area contributed by atoms with Gasteiger partial charge < -0.3 is 5.32 Å². The fourth-order valence-corrected chi connectivity index (χ4v) is 3.80. The summed E-state index contributed by atoms with van der Waals surface area (Å²) in [5.41, 5.74) is 3.72. The minimum absolute atomic E-state index is 0.199. The molecule has 0 spiro atoms. The Hall–Kier alpha value is -2.65. The lowest BCUT2D eigenvalue weighted by atomic mass is 10.1. The molecular weight excluding hydrogens is 413 g/mol. The Morgan fingerprint density at radius 1 is 1.18 bits per heavy atom. The van der Waals surface area contributed by atoms with Gasteiger partial charge in [-0.05, 0) is 30.7 Å². The Morgan fingerprint density at radius 2 is 1.89 bits per heavy atom. The lowest BCUT2D eigenvalue weighted by Gasteiger charge is -2.03. The summed E-state index contributed by atoms with van der Waals surface area (Å²) in [6, 6.07) is 15.1. The Balaban J connectivity index is 2.08. The van der Waals surface area contributed by atoms with Gasteiger partial charge in [0.25, 0.3) is 0 Å². The van der Waals surface area contributed by atoms with Crippen LogP contribution in [0.1, 0.15) is 23.1 Å². The standard InChI is InChI=1S/C21H15Cl2N3OS/c1-12-3-6-15(7-4-12)19-21(25-13(2)27)28-20(26-19)16(11-24)9-14-5-8-17(22)18(23)10-14/h3-10H,1-2H3,(H,25,27)/b16-9+. The van der Waals surface area contributed by atoms with E-state index in [0.717, 1.165) is 16.7 Å². The van der Waals surface area contributed by atoms with Crippen LogP contribution in [0.2, 0.25) is 10.0 Å². The number of aromatic nitrogens is 1. The van der Waals surface area contributed by atoms with Gasteiger partial charge in [0.15, 0.2) is 0 Å². The van der Waals surface area contributed by atoms with Gasteiger partial charge in [0.2, 0.25) is 5.91 Å². The highest BCUT2D eigenvalue weighted by atomic mass is 35.5.